The Balaban J connectivity index is 1.71. The summed E-state index contributed by atoms with van der Waals surface area (Å²) in [5.74, 6) is -0.316. The molecule has 152 valence electrons. The number of nitrogens with zero attached hydrogens (tertiary/aromatic N) is 2. The molecule has 0 amide bonds. The van der Waals surface area contributed by atoms with Crippen LogP contribution in [0.2, 0.25) is 5.02 Å². The molecule has 1 aliphatic heterocycles. The molecule has 2 heterocycles. The topological polar surface area (TPSA) is 94.8 Å². The fourth-order valence-electron chi connectivity index (χ4n) is 3.50. The van der Waals surface area contributed by atoms with Gasteiger partial charge in [-0.1, -0.05) is 29.8 Å². The highest BCUT2D eigenvalue weighted by atomic mass is 79.9. The van der Waals surface area contributed by atoms with Gasteiger partial charge in [-0.05, 0) is 62.5 Å². The Bertz CT molecular complexity index is 1160. The second-order valence-electron chi connectivity index (χ2n) is 6.81. The quantitative estimate of drug-likeness (QED) is 0.409. The van der Waals surface area contributed by atoms with Crippen molar-refractivity contribution >= 4 is 49.4 Å². The number of nitrogens with one attached hydrogen (secondary N) is 2. The van der Waals surface area contributed by atoms with Crippen LogP contribution < -0.4 is 9.47 Å². The molecule has 9 heteroatoms. The Morgan fingerprint density at radius 3 is 2.67 bits per heavy atom. The molecule has 2 unspecified atom stereocenters. The number of H-pyrrole nitrogens is 1. The third kappa shape index (κ3) is 3.73. The summed E-state index contributed by atoms with van der Waals surface area (Å²) in [7, 11) is 0. The first-order valence-electron chi connectivity index (χ1n) is 8.96. The molecule has 4 rings (SSSR count). The van der Waals surface area contributed by atoms with Gasteiger partial charge in [-0.15, -0.1) is 5.10 Å². The number of ether oxygens (including phenoxy) is 2. The van der Waals surface area contributed by atoms with Gasteiger partial charge >= 0.3 is 0 Å². The molecule has 1 aliphatic rings. The van der Waals surface area contributed by atoms with E-state index in [2.05, 4.69) is 48.1 Å². The van der Waals surface area contributed by atoms with Gasteiger partial charge in [-0.25, -0.2) is 0 Å². The smallest absolute Gasteiger partial charge is 0.243 e. The molecule has 30 heavy (non-hydrogen) atoms. The Morgan fingerprint density at radius 2 is 2.00 bits per heavy atom. The van der Waals surface area contributed by atoms with E-state index in [1.165, 1.54) is 0 Å². The number of hydrogen-bond donors (Lipinski definition) is 2. The number of nitriles is 1. The standard InChI is InChI=1S/C21H15Br2ClN4O2/c1-10-17-18(13(8-25)20(26)30-21(17)28-27-10)12-6-14(22)19(15(23)7-12)29-9-11-4-2-3-5-16(11)24/h2-7,13,18,26H,9H2,1H3,(H,27,28). The van der Waals surface area contributed by atoms with Gasteiger partial charge in [-0.3, -0.25) is 10.5 Å². The second kappa shape index (κ2) is 8.42. The van der Waals surface area contributed by atoms with E-state index >= 15 is 0 Å². The summed E-state index contributed by atoms with van der Waals surface area (Å²) in [6.45, 7) is 2.18. The molecule has 0 fully saturated rings. The highest BCUT2D eigenvalue weighted by molar-refractivity contribution is 9.11. The molecule has 0 saturated heterocycles. The van der Waals surface area contributed by atoms with Crippen molar-refractivity contribution in [2.24, 2.45) is 5.92 Å². The highest BCUT2D eigenvalue weighted by Crippen LogP contribution is 2.46. The van der Waals surface area contributed by atoms with E-state index in [1.54, 1.807) is 0 Å². The van der Waals surface area contributed by atoms with E-state index < -0.39 is 11.8 Å². The lowest BCUT2D eigenvalue weighted by atomic mass is 9.79. The first-order chi connectivity index (χ1) is 14.4. The van der Waals surface area contributed by atoms with Crippen molar-refractivity contribution in [2.75, 3.05) is 0 Å². The van der Waals surface area contributed by atoms with Gasteiger partial charge in [0.15, 0.2) is 0 Å². The minimum Gasteiger partial charge on any atom is -0.486 e. The summed E-state index contributed by atoms with van der Waals surface area (Å²) < 4.78 is 12.9. The van der Waals surface area contributed by atoms with Crippen molar-refractivity contribution in [3.63, 3.8) is 0 Å². The minimum absolute atomic E-state index is 0.118. The maximum Gasteiger partial charge on any atom is 0.243 e. The molecule has 6 nitrogen and oxygen atoms in total. The largest absolute Gasteiger partial charge is 0.486 e. The third-order valence-electron chi connectivity index (χ3n) is 4.94. The minimum atomic E-state index is -0.762. The SMILES string of the molecule is Cc1[nH]nc2c1C(c1cc(Br)c(OCc3ccccc3Cl)c(Br)c1)C(C#N)C(=N)O2. The number of aromatic nitrogens is 2. The zero-order valence-corrected chi connectivity index (χ0v) is 19.6. The lowest BCUT2D eigenvalue weighted by Crippen LogP contribution is -2.31. The average molecular weight is 551 g/mol. The Morgan fingerprint density at radius 1 is 1.30 bits per heavy atom. The van der Waals surface area contributed by atoms with E-state index in [4.69, 9.17) is 26.5 Å². The summed E-state index contributed by atoms with van der Waals surface area (Å²) in [6.07, 6.45) is 0. The van der Waals surface area contributed by atoms with Gasteiger partial charge in [0, 0.05) is 27.8 Å². The monoisotopic (exact) mass is 548 g/mol. The van der Waals surface area contributed by atoms with Crippen molar-refractivity contribution in [3.8, 4) is 17.7 Å². The van der Waals surface area contributed by atoms with Crippen LogP contribution in [0.4, 0.5) is 0 Å². The maximum absolute atomic E-state index is 9.71. The van der Waals surface area contributed by atoms with Crippen LogP contribution in [0.1, 0.15) is 28.3 Å². The number of benzene rings is 2. The van der Waals surface area contributed by atoms with E-state index in [0.29, 0.717) is 23.3 Å². The fourth-order valence-corrected chi connectivity index (χ4v) is 5.14. The summed E-state index contributed by atoms with van der Waals surface area (Å²) in [6, 6.07) is 13.5. The van der Waals surface area contributed by atoms with Gasteiger partial charge in [0.2, 0.25) is 11.8 Å². The third-order valence-corrected chi connectivity index (χ3v) is 6.49. The molecule has 3 aromatic rings. The second-order valence-corrected chi connectivity index (χ2v) is 8.93. The fraction of sp³-hybridized carbons (Fsp3) is 0.190. The number of aromatic amines is 1. The number of fused-ring (bicyclic) bond motifs is 1. The van der Waals surface area contributed by atoms with E-state index in [0.717, 1.165) is 31.3 Å². The molecule has 0 aliphatic carbocycles. The Hall–Kier alpha value is -2.34. The van der Waals surface area contributed by atoms with Crippen molar-refractivity contribution in [2.45, 2.75) is 19.4 Å². The van der Waals surface area contributed by atoms with Gasteiger partial charge in [-0.2, -0.15) is 5.26 Å². The van der Waals surface area contributed by atoms with Crippen molar-refractivity contribution in [1.82, 2.24) is 10.2 Å². The van der Waals surface area contributed by atoms with Crippen LogP contribution in [0.3, 0.4) is 0 Å². The van der Waals surface area contributed by atoms with Crippen LogP contribution in [0.25, 0.3) is 0 Å². The summed E-state index contributed by atoms with van der Waals surface area (Å²) in [4.78, 5) is 0. The van der Waals surface area contributed by atoms with Crippen LogP contribution in [0, 0.1) is 29.6 Å². The summed E-state index contributed by atoms with van der Waals surface area (Å²) in [5, 5.41) is 25.5. The lowest BCUT2D eigenvalue weighted by Gasteiger charge is -2.28. The molecule has 2 atom stereocenters. The van der Waals surface area contributed by atoms with Gasteiger partial charge in [0.05, 0.1) is 15.0 Å². The van der Waals surface area contributed by atoms with E-state index in [-0.39, 0.29) is 5.90 Å². The van der Waals surface area contributed by atoms with Crippen LogP contribution in [0.5, 0.6) is 11.6 Å². The zero-order chi connectivity index (χ0) is 21.4. The molecule has 1 aromatic heterocycles. The van der Waals surface area contributed by atoms with Gasteiger partial charge in [0.1, 0.15) is 18.3 Å². The molecule has 0 saturated carbocycles. The Kier molecular flexibility index (Phi) is 5.87. The summed E-state index contributed by atoms with van der Waals surface area (Å²) >= 11 is 13.4. The maximum atomic E-state index is 9.71. The van der Waals surface area contributed by atoms with Crippen LogP contribution in [0.15, 0.2) is 45.3 Å². The van der Waals surface area contributed by atoms with Crippen molar-refractivity contribution in [1.29, 1.82) is 10.7 Å². The van der Waals surface area contributed by atoms with Crippen LogP contribution >= 0.6 is 43.5 Å². The molecule has 0 spiro atoms. The van der Waals surface area contributed by atoms with Crippen LogP contribution in [-0.4, -0.2) is 16.1 Å². The number of hydrogen-bond acceptors (Lipinski definition) is 5. The predicted octanol–water partition coefficient (Wildman–Crippen LogP) is 6.12. The van der Waals surface area contributed by atoms with E-state index in [9.17, 15) is 5.26 Å². The molecule has 2 N–H and O–H groups in total. The summed E-state index contributed by atoms with van der Waals surface area (Å²) in [5.41, 5.74) is 3.29. The average Bonchev–Trinajstić information content (AvgIpc) is 3.07. The first kappa shape index (κ1) is 20.9. The predicted molar refractivity (Wildman–Crippen MR) is 120 cm³/mol. The van der Waals surface area contributed by atoms with Crippen LogP contribution in [-0.2, 0) is 6.61 Å². The molecule has 0 bridgehead atoms. The number of halogens is 3. The Labute approximate surface area is 194 Å². The van der Waals surface area contributed by atoms with Crippen molar-refractivity contribution < 1.29 is 9.47 Å². The highest BCUT2D eigenvalue weighted by Gasteiger charge is 2.40. The molecule has 2 aromatic carbocycles. The van der Waals surface area contributed by atoms with Crippen molar-refractivity contribution in [3.05, 3.63) is 72.8 Å². The molecule has 0 radical (unpaired) electrons. The van der Waals surface area contributed by atoms with Gasteiger partial charge in [0.25, 0.3) is 0 Å². The van der Waals surface area contributed by atoms with E-state index in [1.807, 2.05) is 43.3 Å². The zero-order valence-electron chi connectivity index (χ0n) is 15.7. The lowest BCUT2D eigenvalue weighted by molar-refractivity contribution is 0.302. The molecular weight excluding hydrogens is 536 g/mol. The normalized spacial score (nSPS) is 17.8. The number of rotatable bonds is 4. The first-order valence-corrected chi connectivity index (χ1v) is 10.9. The molecular formula is C21H15Br2ClN4O2. The number of aryl methyl sites for hydroxylation is 1. The van der Waals surface area contributed by atoms with Gasteiger partial charge < -0.3 is 9.47 Å².